The first kappa shape index (κ1) is 12.5. The van der Waals surface area contributed by atoms with Crippen molar-refractivity contribution < 1.29 is 9.84 Å². The van der Waals surface area contributed by atoms with Crippen LogP contribution in [-0.2, 0) is 4.74 Å². The number of nitrogens with one attached hydrogen (secondary N) is 1. The third kappa shape index (κ3) is 3.23. The summed E-state index contributed by atoms with van der Waals surface area (Å²) < 4.78 is 4.97. The first-order valence-corrected chi connectivity index (χ1v) is 5.08. The van der Waals surface area contributed by atoms with Crippen molar-refractivity contribution in [2.75, 3.05) is 25.6 Å². The van der Waals surface area contributed by atoms with E-state index in [0.717, 1.165) is 11.3 Å². The predicted octanol–water partition coefficient (Wildman–Crippen LogP) is 1.29. The smallest absolute Gasteiger partial charge is 0.0994 e. The molecule has 1 atom stereocenters. The molecule has 0 spiro atoms. The second-order valence-electron chi connectivity index (χ2n) is 3.62. The van der Waals surface area contributed by atoms with Gasteiger partial charge in [-0.3, -0.25) is 0 Å². The van der Waals surface area contributed by atoms with Gasteiger partial charge in [0.25, 0.3) is 0 Å². The number of aliphatic hydroxyl groups excluding tert-OH is 1. The van der Waals surface area contributed by atoms with Crippen LogP contribution in [0.25, 0.3) is 0 Å². The molecule has 2 N–H and O–H groups in total. The number of aryl methyl sites for hydroxylation is 1. The minimum absolute atomic E-state index is 0.00683. The summed E-state index contributed by atoms with van der Waals surface area (Å²) in [5, 5.41) is 21.0. The highest BCUT2D eigenvalue weighted by atomic mass is 16.5. The highest BCUT2D eigenvalue weighted by Gasteiger charge is 2.07. The molecule has 0 radical (unpaired) electrons. The van der Waals surface area contributed by atoms with Crippen LogP contribution in [0, 0.1) is 18.3 Å². The molecule has 86 valence electrons. The molecule has 16 heavy (non-hydrogen) atoms. The van der Waals surface area contributed by atoms with E-state index in [1.165, 1.54) is 0 Å². The van der Waals surface area contributed by atoms with Crippen LogP contribution in [0.4, 0.5) is 5.69 Å². The normalized spacial score (nSPS) is 11.9. The highest BCUT2D eigenvalue weighted by molar-refractivity contribution is 5.52. The van der Waals surface area contributed by atoms with Crippen molar-refractivity contribution in [1.29, 1.82) is 5.26 Å². The van der Waals surface area contributed by atoms with E-state index >= 15 is 0 Å². The molecular weight excluding hydrogens is 204 g/mol. The SMILES string of the molecule is COCC(CO)Nc1ccc(C#N)c(C)c1. The van der Waals surface area contributed by atoms with Crippen LogP contribution in [0.15, 0.2) is 18.2 Å². The molecule has 0 saturated carbocycles. The average Bonchev–Trinajstić information content (AvgIpc) is 2.28. The molecule has 0 amide bonds. The summed E-state index contributed by atoms with van der Waals surface area (Å²) in [7, 11) is 1.59. The van der Waals surface area contributed by atoms with Crippen LogP contribution in [0.2, 0.25) is 0 Å². The van der Waals surface area contributed by atoms with Crippen molar-refractivity contribution >= 4 is 5.69 Å². The van der Waals surface area contributed by atoms with Gasteiger partial charge < -0.3 is 15.2 Å². The molecule has 0 aliphatic carbocycles. The zero-order valence-corrected chi connectivity index (χ0v) is 9.53. The van der Waals surface area contributed by atoms with Gasteiger partial charge in [0, 0.05) is 12.8 Å². The first-order valence-electron chi connectivity index (χ1n) is 5.08. The number of methoxy groups -OCH3 is 1. The summed E-state index contributed by atoms with van der Waals surface area (Å²) in [6.45, 7) is 2.33. The molecule has 0 aromatic heterocycles. The van der Waals surface area contributed by atoms with Gasteiger partial charge >= 0.3 is 0 Å². The lowest BCUT2D eigenvalue weighted by atomic mass is 10.1. The van der Waals surface area contributed by atoms with Crippen molar-refractivity contribution in [3.63, 3.8) is 0 Å². The average molecular weight is 220 g/mol. The Balaban J connectivity index is 2.74. The van der Waals surface area contributed by atoms with Crippen LogP contribution in [0.3, 0.4) is 0 Å². The van der Waals surface area contributed by atoms with Crippen molar-refractivity contribution in [3.8, 4) is 6.07 Å². The predicted molar refractivity (Wildman–Crippen MR) is 62.3 cm³/mol. The monoisotopic (exact) mass is 220 g/mol. The fourth-order valence-electron chi connectivity index (χ4n) is 1.46. The minimum atomic E-state index is -0.127. The van der Waals surface area contributed by atoms with E-state index < -0.39 is 0 Å². The van der Waals surface area contributed by atoms with Gasteiger partial charge in [0.15, 0.2) is 0 Å². The van der Waals surface area contributed by atoms with E-state index in [2.05, 4.69) is 11.4 Å². The topological polar surface area (TPSA) is 65.3 Å². The Morgan fingerprint density at radius 3 is 2.81 bits per heavy atom. The van der Waals surface area contributed by atoms with Crippen LogP contribution in [0.5, 0.6) is 0 Å². The minimum Gasteiger partial charge on any atom is -0.394 e. The molecular formula is C12H16N2O2. The summed E-state index contributed by atoms with van der Waals surface area (Å²) in [6.07, 6.45) is 0. The Kier molecular flexibility index (Phi) is 4.77. The number of aliphatic hydroxyl groups is 1. The quantitative estimate of drug-likeness (QED) is 0.784. The molecule has 4 heteroatoms. The largest absolute Gasteiger partial charge is 0.394 e. The molecule has 0 bridgehead atoms. The van der Waals surface area contributed by atoms with Gasteiger partial charge in [0.1, 0.15) is 0 Å². The van der Waals surface area contributed by atoms with Gasteiger partial charge in [-0.15, -0.1) is 0 Å². The lowest BCUT2D eigenvalue weighted by molar-refractivity contribution is 0.153. The molecule has 1 aromatic carbocycles. The Hall–Kier alpha value is -1.57. The maximum atomic E-state index is 9.09. The number of ether oxygens (including phenoxy) is 1. The molecule has 1 rings (SSSR count). The Labute approximate surface area is 95.5 Å². The molecule has 1 aromatic rings. The van der Waals surface area contributed by atoms with Crippen LogP contribution >= 0.6 is 0 Å². The third-order valence-electron chi connectivity index (χ3n) is 2.31. The van der Waals surface area contributed by atoms with Crippen molar-refractivity contribution in [2.24, 2.45) is 0 Å². The molecule has 1 unspecified atom stereocenters. The molecule has 4 nitrogen and oxygen atoms in total. The fraction of sp³-hybridized carbons (Fsp3) is 0.417. The molecule has 0 aliphatic rings. The standard InChI is InChI=1S/C12H16N2O2/c1-9-5-11(4-3-10(9)6-13)14-12(7-15)8-16-2/h3-5,12,14-15H,7-8H2,1-2H3. The lowest BCUT2D eigenvalue weighted by Gasteiger charge is -2.17. The van der Waals surface area contributed by atoms with Crippen LogP contribution in [0.1, 0.15) is 11.1 Å². The molecule has 0 aliphatic heterocycles. The Morgan fingerprint density at radius 1 is 1.56 bits per heavy atom. The van der Waals surface area contributed by atoms with E-state index in [1.807, 2.05) is 19.1 Å². The number of nitriles is 1. The zero-order chi connectivity index (χ0) is 12.0. The summed E-state index contributed by atoms with van der Waals surface area (Å²) in [6, 6.07) is 7.46. The summed E-state index contributed by atoms with van der Waals surface area (Å²) in [5.74, 6) is 0. The summed E-state index contributed by atoms with van der Waals surface area (Å²) in [4.78, 5) is 0. The van der Waals surface area contributed by atoms with Crippen LogP contribution < -0.4 is 5.32 Å². The van der Waals surface area contributed by atoms with E-state index in [4.69, 9.17) is 15.1 Å². The highest BCUT2D eigenvalue weighted by Crippen LogP contribution is 2.15. The lowest BCUT2D eigenvalue weighted by Crippen LogP contribution is -2.28. The van der Waals surface area contributed by atoms with E-state index in [-0.39, 0.29) is 12.6 Å². The van der Waals surface area contributed by atoms with E-state index in [9.17, 15) is 0 Å². The number of rotatable bonds is 5. The maximum Gasteiger partial charge on any atom is 0.0994 e. The maximum absolute atomic E-state index is 9.09. The van der Waals surface area contributed by atoms with E-state index in [1.54, 1.807) is 13.2 Å². The molecule has 0 fully saturated rings. The van der Waals surface area contributed by atoms with Crippen molar-refractivity contribution in [1.82, 2.24) is 0 Å². The third-order valence-corrected chi connectivity index (χ3v) is 2.31. The van der Waals surface area contributed by atoms with Gasteiger partial charge in [-0.25, -0.2) is 0 Å². The Morgan fingerprint density at radius 2 is 2.31 bits per heavy atom. The number of anilines is 1. The number of hydrogen-bond donors (Lipinski definition) is 2. The van der Waals surface area contributed by atoms with Gasteiger partial charge in [-0.05, 0) is 30.7 Å². The second-order valence-corrected chi connectivity index (χ2v) is 3.62. The number of hydrogen-bond acceptors (Lipinski definition) is 4. The van der Waals surface area contributed by atoms with Crippen molar-refractivity contribution in [2.45, 2.75) is 13.0 Å². The first-order chi connectivity index (χ1) is 7.71. The van der Waals surface area contributed by atoms with E-state index in [0.29, 0.717) is 12.2 Å². The van der Waals surface area contributed by atoms with Gasteiger partial charge in [-0.2, -0.15) is 5.26 Å². The number of benzene rings is 1. The zero-order valence-electron chi connectivity index (χ0n) is 9.53. The van der Waals surface area contributed by atoms with Gasteiger partial charge in [0.2, 0.25) is 0 Å². The molecule has 0 heterocycles. The van der Waals surface area contributed by atoms with Crippen molar-refractivity contribution in [3.05, 3.63) is 29.3 Å². The van der Waals surface area contributed by atoms with Gasteiger partial charge in [0.05, 0.1) is 30.9 Å². The summed E-state index contributed by atoms with van der Waals surface area (Å²) >= 11 is 0. The van der Waals surface area contributed by atoms with Crippen LogP contribution in [-0.4, -0.2) is 31.5 Å². The summed E-state index contributed by atoms with van der Waals surface area (Å²) in [5.41, 5.74) is 2.46. The Bertz CT molecular complexity index is 385. The van der Waals surface area contributed by atoms with Gasteiger partial charge in [-0.1, -0.05) is 0 Å². The number of nitrogens with zero attached hydrogens (tertiary/aromatic N) is 1. The fourth-order valence-corrected chi connectivity index (χ4v) is 1.46. The second kappa shape index (κ2) is 6.11. The molecule has 0 saturated heterocycles.